The SMILES string of the molecule is CCNC(C)(C)C(=O)N1CCCC(C(=O)O)C1. The molecule has 1 heterocycles. The fourth-order valence-electron chi connectivity index (χ4n) is 2.28. The van der Waals surface area contributed by atoms with Gasteiger partial charge >= 0.3 is 5.97 Å². The van der Waals surface area contributed by atoms with Crippen molar-refractivity contribution in [1.29, 1.82) is 0 Å². The molecule has 1 rings (SSSR count). The van der Waals surface area contributed by atoms with E-state index in [1.54, 1.807) is 4.90 Å². The lowest BCUT2D eigenvalue weighted by Crippen LogP contribution is -2.56. The maximum Gasteiger partial charge on any atom is 0.308 e. The number of hydrogen-bond donors (Lipinski definition) is 2. The van der Waals surface area contributed by atoms with Crippen LogP contribution in [-0.2, 0) is 9.59 Å². The van der Waals surface area contributed by atoms with E-state index in [1.165, 1.54) is 0 Å². The third kappa shape index (κ3) is 3.43. The monoisotopic (exact) mass is 242 g/mol. The van der Waals surface area contributed by atoms with Crippen LogP contribution in [0.15, 0.2) is 0 Å². The number of amides is 1. The van der Waals surface area contributed by atoms with Crippen LogP contribution in [0.5, 0.6) is 0 Å². The number of nitrogens with zero attached hydrogens (tertiary/aromatic N) is 1. The Morgan fingerprint density at radius 2 is 2.12 bits per heavy atom. The molecule has 0 saturated carbocycles. The van der Waals surface area contributed by atoms with Crippen LogP contribution in [-0.4, -0.2) is 47.1 Å². The zero-order chi connectivity index (χ0) is 13.1. The van der Waals surface area contributed by atoms with E-state index >= 15 is 0 Å². The van der Waals surface area contributed by atoms with Crippen molar-refractivity contribution in [2.24, 2.45) is 5.92 Å². The van der Waals surface area contributed by atoms with E-state index in [2.05, 4.69) is 5.32 Å². The molecule has 0 aromatic heterocycles. The second-order valence-corrected chi connectivity index (χ2v) is 5.08. The van der Waals surface area contributed by atoms with E-state index in [-0.39, 0.29) is 5.91 Å². The average Bonchev–Trinajstić information content (AvgIpc) is 2.28. The van der Waals surface area contributed by atoms with Crippen molar-refractivity contribution in [3.63, 3.8) is 0 Å². The summed E-state index contributed by atoms with van der Waals surface area (Å²) in [6.07, 6.45) is 1.44. The Morgan fingerprint density at radius 1 is 1.47 bits per heavy atom. The highest BCUT2D eigenvalue weighted by molar-refractivity contribution is 5.86. The van der Waals surface area contributed by atoms with Gasteiger partial charge in [0.25, 0.3) is 0 Å². The lowest BCUT2D eigenvalue weighted by molar-refractivity contribution is -0.147. The molecule has 0 aromatic rings. The van der Waals surface area contributed by atoms with Crippen molar-refractivity contribution in [2.45, 2.75) is 39.2 Å². The molecule has 0 aromatic carbocycles. The van der Waals surface area contributed by atoms with Crippen LogP contribution in [0.2, 0.25) is 0 Å². The van der Waals surface area contributed by atoms with Crippen LogP contribution in [0.1, 0.15) is 33.6 Å². The number of hydrogen-bond acceptors (Lipinski definition) is 3. The van der Waals surface area contributed by atoms with Crippen molar-refractivity contribution in [3.8, 4) is 0 Å². The number of likely N-dealkylation sites (tertiary alicyclic amines) is 1. The molecule has 1 saturated heterocycles. The van der Waals surface area contributed by atoms with E-state index in [1.807, 2.05) is 20.8 Å². The first kappa shape index (κ1) is 14.0. The highest BCUT2D eigenvalue weighted by Gasteiger charge is 2.35. The van der Waals surface area contributed by atoms with Gasteiger partial charge < -0.3 is 15.3 Å². The Kier molecular flexibility index (Phi) is 4.51. The predicted octanol–water partition coefficient (Wildman–Crippen LogP) is 0.698. The molecule has 0 bridgehead atoms. The van der Waals surface area contributed by atoms with Gasteiger partial charge in [-0.25, -0.2) is 0 Å². The second-order valence-electron chi connectivity index (χ2n) is 5.08. The molecule has 5 heteroatoms. The molecule has 1 aliphatic rings. The van der Waals surface area contributed by atoms with Crippen molar-refractivity contribution in [3.05, 3.63) is 0 Å². The van der Waals surface area contributed by atoms with Gasteiger partial charge in [0, 0.05) is 13.1 Å². The first-order valence-corrected chi connectivity index (χ1v) is 6.15. The lowest BCUT2D eigenvalue weighted by atomic mass is 9.95. The largest absolute Gasteiger partial charge is 0.481 e. The van der Waals surface area contributed by atoms with E-state index in [0.29, 0.717) is 19.5 Å². The summed E-state index contributed by atoms with van der Waals surface area (Å²) in [5, 5.41) is 12.1. The normalized spacial score (nSPS) is 21.4. The third-order valence-corrected chi connectivity index (χ3v) is 3.21. The summed E-state index contributed by atoms with van der Waals surface area (Å²) in [5.41, 5.74) is -0.616. The Bertz CT molecular complexity index is 302. The van der Waals surface area contributed by atoms with Gasteiger partial charge in [0.15, 0.2) is 0 Å². The molecule has 1 amide bonds. The number of aliphatic carboxylic acids is 1. The molecular weight excluding hydrogens is 220 g/mol. The minimum atomic E-state index is -0.802. The maximum atomic E-state index is 12.2. The van der Waals surface area contributed by atoms with Crippen molar-refractivity contribution in [2.75, 3.05) is 19.6 Å². The van der Waals surface area contributed by atoms with Gasteiger partial charge in [-0.1, -0.05) is 6.92 Å². The van der Waals surface area contributed by atoms with Gasteiger partial charge in [-0.2, -0.15) is 0 Å². The molecule has 0 radical (unpaired) electrons. The number of carbonyl (C=O) groups excluding carboxylic acids is 1. The number of likely N-dealkylation sites (N-methyl/N-ethyl adjacent to an activating group) is 1. The summed E-state index contributed by atoms with van der Waals surface area (Å²) >= 11 is 0. The quantitative estimate of drug-likeness (QED) is 0.761. The first-order valence-electron chi connectivity index (χ1n) is 6.15. The fraction of sp³-hybridized carbons (Fsp3) is 0.833. The molecule has 1 aliphatic heterocycles. The number of rotatable bonds is 4. The first-order chi connectivity index (χ1) is 7.88. The Balaban J connectivity index is 2.66. The molecule has 0 aliphatic carbocycles. The molecule has 17 heavy (non-hydrogen) atoms. The van der Waals surface area contributed by atoms with E-state index in [4.69, 9.17) is 5.11 Å². The van der Waals surface area contributed by atoms with Crippen LogP contribution >= 0.6 is 0 Å². The Hall–Kier alpha value is -1.10. The van der Waals surface area contributed by atoms with E-state index in [0.717, 1.165) is 13.0 Å². The van der Waals surface area contributed by atoms with Gasteiger partial charge in [-0.3, -0.25) is 9.59 Å². The van der Waals surface area contributed by atoms with Crippen LogP contribution in [0, 0.1) is 5.92 Å². The average molecular weight is 242 g/mol. The predicted molar refractivity (Wildman–Crippen MR) is 64.7 cm³/mol. The highest BCUT2D eigenvalue weighted by Crippen LogP contribution is 2.19. The van der Waals surface area contributed by atoms with Crippen molar-refractivity contribution >= 4 is 11.9 Å². The Morgan fingerprint density at radius 3 is 2.65 bits per heavy atom. The smallest absolute Gasteiger partial charge is 0.308 e. The molecule has 5 nitrogen and oxygen atoms in total. The molecular formula is C12H22N2O3. The number of carboxylic acid groups (broad SMARTS) is 1. The van der Waals surface area contributed by atoms with Gasteiger partial charge in [-0.05, 0) is 33.2 Å². The summed E-state index contributed by atoms with van der Waals surface area (Å²) in [6, 6.07) is 0. The van der Waals surface area contributed by atoms with Crippen LogP contribution in [0.25, 0.3) is 0 Å². The minimum Gasteiger partial charge on any atom is -0.481 e. The van der Waals surface area contributed by atoms with Crippen LogP contribution < -0.4 is 5.32 Å². The third-order valence-electron chi connectivity index (χ3n) is 3.21. The van der Waals surface area contributed by atoms with E-state index < -0.39 is 17.4 Å². The summed E-state index contributed by atoms with van der Waals surface area (Å²) in [6.45, 7) is 7.34. The zero-order valence-corrected chi connectivity index (χ0v) is 10.8. The molecule has 1 atom stereocenters. The van der Waals surface area contributed by atoms with Crippen molar-refractivity contribution < 1.29 is 14.7 Å². The molecule has 1 fully saturated rings. The number of carbonyl (C=O) groups is 2. The van der Waals surface area contributed by atoms with Gasteiger partial charge in [-0.15, -0.1) is 0 Å². The number of piperidine rings is 1. The van der Waals surface area contributed by atoms with Gasteiger partial charge in [0.05, 0.1) is 11.5 Å². The lowest BCUT2D eigenvalue weighted by Gasteiger charge is -2.36. The van der Waals surface area contributed by atoms with Crippen molar-refractivity contribution in [1.82, 2.24) is 10.2 Å². The molecule has 2 N–H and O–H groups in total. The summed E-state index contributed by atoms with van der Waals surface area (Å²) in [5.74, 6) is -1.22. The van der Waals surface area contributed by atoms with Gasteiger partial charge in [0.1, 0.15) is 0 Å². The highest BCUT2D eigenvalue weighted by atomic mass is 16.4. The molecule has 0 spiro atoms. The van der Waals surface area contributed by atoms with Crippen LogP contribution in [0.4, 0.5) is 0 Å². The fourth-order valence-corrected chi connectivity index (χ4v) is 2.28. The topological polar surface area (TPSA) is 69.6 Å². The maximum absolute atomic E-state index is 12.2. The van der Waals surface area contributed by atoms with E-state index in [9.17, 15) is 9.59 Å². The summed E-state index contributed by atoms with van der Waals surface area (Å²) < 4.78 is 0. The Labute approximate surface area is 102 Å². The standard InChI is InChI=1S/C12H22N2O3/c1-4-13-12(2,3)11(17)14-7-5-6-9(8-14)10(15)16/h9,13H,4-8H2,1-3H3,(H,15,16). The zero-order valence-electron chi connectivity index (χ0n) is 10.8. The summed E-state index contributed by atoms with van der Waals surface area (Å²) in [7, 11) is 0. The number of carboxylic acids is 1. The number of nitrogens with one attached hydrogen (secondary N) is 1. The minimum absolute atomic E-state index is 0.00898. The molecule has 1 unspecified atom stereocenters. The van der Waals surface area contributed by atoms with Crippen LogP contribution in [0.3, 0.4) is 0 Å². The van der Waals surface area contributed by atoms with Gasteiger partial charge in [0.2, 0.25) is 5.91 Å². The summed E-state index contributed by atoms with van der Waals surface area (Å²) in [4.78, 5) is 24.9. The molecule has 98 valence electrons. The second kappa shape index (κ2) is 5.49.